The predicted molar refractivity (Wildman–Crippen MR) is 110 cm³/mol. The van der Waals surface area contributed by atoms with Crippen LogP contribution in [0.2, 0.25) is 5.02 Å². The van der Waals surface area contributed by atoms with Crippen molar-refractivity contribution < 1.29 is 9.21 Å². The first-order valence-electron chi connectivity index (χ1n) is 8.57. The van der Waals surface area contributed by atoms with Crippen LogP contribution in [0.3, 0.4) is 0 Å². The molecular weight excluding hydrogens is 394 g/mol. The highest BCUT2D eigenvalue weighted by atomic mass is 35.5. The van der Waals surface area contributed by atoms with Gasteiger partial charge in [-0.15, -0.1) is 0 Å². The van der Waals surface area contributed by atoms with Gasteiger partial charge in [-0.05, 0) is 54.6 Å². The van der Waals surface area contributed by atoms with Gasteiger partial charge < -0.3 is 9.73 Å². The second kappa shape index (κ2) is 8.37. The molecule has 4 rings (SSSR count). The maximum atomic E-state index is 12.6. The minimum Gasteiger partial charge on any atom is -0.454 e. The van der Waals surface area contributed by atoms with Crippen molar-refractivity contribution in [3.63, 3.8) is 0 Å². The largest absolute Gasteiger partial charge is 0.454 e. The van der Waals surface area contributed by atoms with Gasteiger partial charge in [-0.2, -0.15) is 5.10 Å². The van der Waals surface area contributed by atoms with Crippen molar-refractivity contribution >= 4 is 35.0 Å². The molecule has 0 fully saturated rings. The predicted octanol–water partition coefficient (Wildman–Crippen LogP) is 5.58. The third-order valence-electron chi connectivity index (χ3n) is 3.94. The number of carbonyl (C=O) groups excluding carboxylic acids is 1. The summed E-state index contributed by atoms with van der Waals surface area (Å²) in [7, 11) is 0. The summed E-state index contributed by atoms with van der Waals surface area (Å²) in [5.74, 6) is 0.627. The summed E-state index contributed by atoms with van der Waals surface area (Å²) in [6, 6.07) is 20.5. The third-order valence-corrected chi connectivity index (χ3v) is 5.27. The summed E-state index contributed by atoms with van der Waals surface area (Å²) in [6.45, 7) is 0.475. The molecule has 0 unspecified atom stereocenters. The Morgan fingerprint density at radius 3 is 2.68 bits per heavy atom. The lowest BCUT2D eigenvalue weighted by Gasteiger charge is -2.10. The van der Waals surface area contributed by atoms with Crippen molar-refractivity contribution in [1.29, 1.82) is 0 Å². The molecule has 0 saturated carbocycles. The number of amides is 1. The molecule has 7 heteroatoms. The first-order chi connectivity index (χ1) is 13.7. The molecule has 0 aliphatic carbocycles. The number of nitrogens with one attached hydrogen (secondary N) is 1. The molecule has 0 saturated heterocycles. The van der Waals surface area contributed by atoms with Crippen LogP contribution in [-0.4, -0.2) is 15.7 Å². The van der Waals surface area contributed by atoms with E-state index in [0.717, 1.165) is 15.5 Å². The number of aromatic nitrogens is 2. The molecule has 0 spiro atoms. The zero-order valence-corrected chi connectivity index (χ0v) is 16.3. The van der Waals surface area contributed by atoms with Crippen LogP contribution in [0.25, 0.3) is 0 Å². The van der Waals surface area contributed by atoms with E-state index >= 15 is 0 Å². The summed E-state index contributed by atoms with van der Waals surface area (Å²) in [5.41, 5.74) is 0.720. The zero-order valence-electron chi connectivity index (χ0n) is 14.7. The number of rotatable bonds is 6. The molecule has 28 heavy (non-hydrogen) atoms. The summed E-state index contributed by atoms with van der Waals surface area (Å²) >= 11 is 7.50. The molecule has 0 atom stereocenters. The number of para-hydroxylation sites is 1. The van der Waals surface area contributed by atoms with E-state index in [2.05, 4.69) is 10.4 Å². The van der Waals surface area contributed by atoms with Gasteiger partial charge in [0.2, 0.25) is 0 Å². The Morgan fingerprint density at radius 1 is 1.07 bits per heavy atom. The van der Waals surface area contributed by atoms with E-state index in [1.807, 2.05) is 60.8 Å². The molecule has 2 heterocycles. The highest BCUT2D eigenvalue weighted by molar-refractivity contribution is 7.99. The fraction of sp³-hybridized carbons (Fsp3) is 0.0476. The van der Waals surface area contributed by atoms with Crippen molar-refractivity contribution in [3.05, 3.63) is 95.7 Å². The summed E-state index contributed by atoms with van der Waals surface area (Å²) in [4.78, 5) is 14.6. The van der Waals surface area contributed by atoms with E-state index in [1.54, 1.807) is 34.8 Å². The maximum absolute atomic E-state index is 12.6. The van der Waals surface area contributed by atoms with E-state index in [4.69, 9.17) is 16.0 Å². The van der Waals surface area contributed by atoms with Gasteiger partial charge in [-0.3, -0.25) is 9.48 Å². The molecule has 4 aromatic rings. The van der Waals surface area contributed by atoms with Crippen LogP contribution in [0.15, 0.2) is 93.3 Å². The van der Waals surface area contributed by atoms with Crippen molar-refractivity contribution in [2.24, 2.45) is 0 Å². The average Bonchev–Trinajstić information content (AvgIpc) is 3.38. The number of carbonyl (C=O) groups is 1. The standard InChI is InChI=1S/C21H16ClN3O2S/c22-15-6-9-17(10-7-15)28-20-5-2-1-4-18(20)24-21(26)19-11-8-16(27-19)14-25-13-3-12-23-25/h1-13H,14H2,(H,24,26). The number of furan rings is 1. The van der Waals surface area contributed by atoms with Crippen molar-refractivity contribution in [2.75, 3.05) is 5.32 Å². The summed E-state index contributed by atoms with van der Waals surface area (Å²) < 4.78 is 7.40. The number of hydrogen-bond donors (Lipinski definition) is 1. The Hall–Kier alpha value is -2.96. The number of hydrogen-bond acceptors (Lipinski definition) is 4. The zero-order chi connectivity index (χ0) is 19.3. The highest BCUT2D eigenvalue weighted by Crippen LogP contribution is 2.34. The Morgan fingerprint density at radius 2 is 1.89 bits per heavy atom. The first kappa shape index (κ1) is 18.4. The molecule has 1 N–H and O–H groups in total. The normalized spacial score (nSPS) is 10.8. The molecule has 140 valence electrons. The van der Waals surface area contributed by atoms with E-state index in [-0.39, 0.29) is 11.7 Å². The van der Waals surface area contributed by atoms with Crippen LogP contribution < -0.4 is 5.32 Å². The lowest BCUT2D eigenvalue weighted by molar-refractivity contribution is 0.0994. The monoisotopic (exact) mass is 409 g/mol. The molecule has 0 bridgehead atoms. The molecular formula is C21H16ClN3O2S. The van der Waals surface area contributed by atoms with Crippen LogP contribution in [0.1, 0.15) is 16.3 Å². The van der Waals surface area contributed by atoms with Crippen molar-refractivity contribution in [3.8, 4) is 0 Å². The van der Waals surface area contributed by atoms with Crippen LogP contribution >= 0.6 is 23.4 Å². The fourth-order valence-corrected chi connectivity index (χ4v) is 3.64. The molecule has 2 aromatic carbocycles. The fourth-order valence-electron chi connectivity index (χ4n) is 2.61. The maximum Gasteiger partial charge on any atom is 0.291 e. The van der Waals surface area contributed by atoms with Crippen LogP contribution in [0.5, 0.6) is 0 Å². The molecule has 0 radical (unpaired) electrons. The number of halogens is 1. The Bertz CT molecular complexity index is 1080. The molecule has 0 aliphatic heterocycles. The van der Waals surface area contributed by atoms with Crippen LogP contribution in [0, 0.1) is 0 Å². The first-order valence-corrected chi connectivity index (χ1v) is 9.77. The van der Waals surface area contributed by atoms with Crippen molar-refractivity contribution in [2.45, 2.75) is 16.3 Å². The molecule has 5 nitrogen and oxygen atoms in total. The third kappa shape index (κ3) is 4.47. The van der Waals surface area contributed by atoms with Gasteiger partial charge >= 0.3 is 0 Å². The topological polar surface area (TPSA) is 60.1 Å². The smallest absolute Gasteiger partial charge is 0.291 e. The SMILES string of the molecule is O=C(Nc1ccccc1Sc1ccc(Cl)cc1)c1ccc(Cn2cccn2)o1. The van der Waals surface area contributed by atoms with E-state index in [0.29, 0.717) is 17.3 Å². The van der Waals surface area contributed by atoms with Gasteiger partial charge in [0, 0.05) is 27.2 Å². The minimum atomic E-state index is -0.295. The van der Waals surface area contributed by atoms with Gasteiger partial charge in [-0.1, -0.05) is 35.5 Å². The van der Waals surface area contributed by atoms with Crippen molar-refractivity contribution in [1.82, 2.24) is 9.78 Å². The lowest BCUT2D eigenvalue weighted by Crippen LogP contribution is -2.11. The second-order valence-corrected chi connectivity index (χ2v) is 7.53. The second-order valence-electron chi connectivity index (χ2n) is 5.98. The van der Waals surface area contributed by atoms with Crippen LogP contribution in [0.4, 0.5) is 5.69 Å². The Kier molecular flexibility index (Phi) is 5.50. The van der Waals surface area contributed by atoms with E-state index in [9.17, 15) is 4.79 Å². The minimum absolute atomic E-state index is 0.258. The van der Waals surface area contributed by atoms with Gasteiger partial charge in [-0.25, -0.2) is 0 Å². The number of nitrogens with zero attached hydrogens (tertiary/aromatic N) is 2. The number of benzene rings is 2. The average molecular weight is 410 g/mol. The summed E-state index contributed by atoms with van der Waals surface area (Å²) in [5, 5.41) is 7.75. The molecule has 1 amide bonds. The van der Waals surface area contributed by atoms with E-state index in [1.165, 1.54) is 0 Å². The Balaban J connectivity index is 1.47. The lowest BCUT2D eigenvalue weighted by atomic mass is 10.3. The highest BCUT2D eigenvalue weighted by Gasteiger charge is 2.14. The molecule has 2 aromatic heterocycles. The van der Waals surface area contributed by atoms with Gasteiger partial charge in [0.05, 0.1) is 12.2 Å². The van der Waals surface area contributed by atoms with Gasteiger partial charge in [0.15, 0.2) is 5.76 Å². The molecule has 0 aliphatic rings. The Labute approximate surface area is 171 Å². The van der Waals surface area contributed by atoms with E-state index < -0.39 is 0 Å². The quantitative estimate of drug-likeness (QED) is 0.451. The number of anilines is 1. The van der Waals surface area contributed by atoms with Crippen LogP contribution in [-0.2, 0) is 6.54 Å². The van der Waals surface area contributed by atoms with Gasteiger partial charge in [0.1, 0.15) is 5.76 Å². The summed E-state index contributed by atoms with van der Waals surface area (Å²) in [6.07, 6.45) is 3.54. The van der Waals surface area contributed by atoms with Gasteiger partial charge in [0.25, 0.3) is 5.91 Å².